The summed E-state index contributed by atoms with van der Waals surface area (Å²) in [6.45, 7) is 6.37. The van der Waals surface area contributed by atoms with Gasteiger partial charge in [0.15, 0.2) is 0 Å². The van der Waals surface area contributed by atoms with Crippen molar-refractivity contribution in [1.29, 1.82) is 0 Å². The smallest absolute Gasteiger partial charge is 0.369 e. The molecule has 2 rings (SSSR count). The van der Waals surface area contributed by atoms with Crippen molar-refractivity contribution in [3.05, 3.63) is 71.7 Å². The zero-order valence-corrected chi connectivity index (χ0v) is 16.6. The highest BCUT2D eigenvalue weighted by molar-refractivity contribution is 9.49. The number of nitrogens with zero attached hydrogens (tertiary/aromatic N) is 1. The van der Waals surface area contributed by atoms with Crippen molar-refractivity contribution >= 4 is 47.8 Å². The van der Waals surface area contributed by atoms with Crippen LogP contribution >= 0.6 is 31.5 Å². The molecule has 0 amide bonds. The average Bonchev–Trinajstić information content (AvgIpc) is 2.48. The van der Waals surface area contributed by atoms with Crippen molar-refractivity contribution in [3.63, 3.8) is 0 Å². The third-order valence-corrected chi connectivity index (χ3v) is 4.27. The first kappa shape index (κ1) is 18.3. The molecule has 0 N–H and O–H groups in total. The zero-order chi connectivity index (χ0) is 17.0. The maximum atomic E-state index is 14.1. The Morgan fingerprint density at radius 2 is 1.57 bits per heavy atom. The van der Waals surface area contributed by atoms with Crippen LogP contribution in [-0.4, -0.2) is 4.50 Å². The molecule has 0 unspecified atom stereocenters. The largest absolute Gasteiger partial charge is 0.415 e. The summed E-state index contributed by atoms with van der Waals surface area (Å²) in [5, 5.41) is 0. The molecule has 0 bridgehead atoms. The Morgan fingerprint density at radius 1 is 1.00 bits per heavy atom. The van der Waals surface area contributed by atoms with Gasteiger partial charge in [0.2, 0.25) is 0 Å². The SMILES string of the molecule is CC(C)(C)/C(=C/c1ccccc1F)N(B(Br)Br)c1ccccc1. The summed E-state index contributed by atoms with van der Waals surface area (Å²) in [5.41, 5.74) is 2.45. The van der Waals surface area contributed by atoms with E-state index in [1.54, 1.807) is 12.1 Å². The molecule has 120 valence electrons. The van der Waals surface area contributed by atoms with Crippen molar-refractivity contribution in [2.24, 2.45) is 5.41 Å². The standard InChI is InChI=1S/C18H19BBr2FN/c1-18(2,3)17(13-14-9-7-8-12-16(14)22)23(19(20)21)15-10-5-4-6-11-15/h4-13H,1-3H3/b17-13-. The van der Waals surface area contributed by atoms with Gasteiger partial charge in [0.1, 0.15) is 5.82 Å². The molecule has 1 nitrogen and oxygen atoms in total. The molecule has 2 aromatic rings. The lowest BCUT2D eigenvalue weighted by Gasteiger charge is -2.36. The summed E-state index contributed by atoms with van der Waals surface area (Å²) in [5.74, 6) is -0.219. The quantitative estimate of drug-likeness (QED) is 0.493. The average molecular weight is 439 g/mol. The Labute approximate surface area is 154 Å². The van der Waals surface area contributed by atoms with E-state index in [9.17, 15) is 4.39 Å². The number of halogens is 3. The van der Waals surface area contributed by atoms with E-state index in [1.807, 2.05) is 42.5 Å². The third kappa shape index (κ3) is 4.71. The van der Waals surface area contributed by atoms with E-state index in [0.717, 1.165) is 11.4 Å². The van der Waals surface area contributed by atoms with Crippen LogP contribution in [0.5, 0.6) is 0 Å². The van der Waals surface area contributed by atoms with E-state index >= 15 is 0 Å². The van der Waals surface area contributed by atoms with Gasteiger partial charge in [-0.1, -0.05) is 57.2 Å². The second kappa shape index (κ2) is 7.67. The lowest BCUT2D eigenvalue weighted by atomic mass is 9.87. The Morgan fingerprint density at radius 3 is 2.09 bits per heavy atom. The second-order valence-corrected chi connectivity index (χ2v) is 9.25. The summed E-state index contributed by atoms with van der Waals surface area (Å²) >= 11 is 7.22. The van der Waals surface area contributed by atoms with Crippen LogP contribution in [0.4, 0.5) is 10.1 Å². The van der Waals surface area contributed by atoms with Crippen LogP contribution in [0.25, 0.3) is 6.08 Å². The van der Waals surface area contributed by atoms with E-state index in [0.29, 0.717) is 5.56 Å². The molecule has 0 fully saturated rings. The summed E-state index contributed by atoms with van der Waals surface area (Å²) in [4.78, 5) is 2.12. The molecule has 2 aromatic carbocycles. The fourth-order valence-corrected chi connectivity index (χ4v) is 3.25. The van der Waals surface area contributed by atoms with Gasteiger partial charge in [-0.25, -0.2) is 4.39 Å². The molecule has 0 heterocycles. The Hall–Kier alpha value is -1.07. The van der Waals surface area contributed by atoms with E-state index in [2.05, 4.69) is 57.1 Å². The number of allylic oxidation sites excluding steroid dienone is 1. The van der Waals surface area contributed by atoms with Gasteiger partial charge in [-0.2, -0.15) is 0 Å². The van der Waals surface area contributed by atoms with Gasteiger partial charge < -0.3 is 4.81 Å². The molecular weight excluding hydrogens is 420 g/mol. The number of hydrogen-bond acceptors (Lipinski definition) is 1. The van der Waals surface area contributed by atoms with E-state index in [4.69, 9.17) is 0 Å². The molecule has 23 heavy (non-hydrogen) atoms. The molecule has 0 spiro atoms. The lowest BCUT2D eigenvalue weighted by Crippen LogP contribution is -2.35. The highest BCUT2D eigenvalue weighted by atomic mass is 79.9. The Kier molecular flexibility index (Phi) is 6.09. The van der Waals surface area contributed by atoms with Crippen molar-refractivity contribution in [1.82, 2.24) is 0 Å². The van der Waals surface area contributed by atoms with Gasteiger partial charge in [-0.15, -0.1) is 31.5 Å². The van der Waals surface area contributed by atoms with Gasteiger partial charge in [-0.05, 0) is 24.3 Å². The van der Waals surface area contributed by atoms with Gasteiger partial charge in [-0.3, -0.25) is 0 Å². The van der Waals surface area contributed by atoms with Crippen molar-refractivity contribution < 1.29 is 4.39 Å². The minimum atomic E-state index is -0.219. The molecular formula is C18H19BBr2FN. The summed E-state index contributed by atoms with van der Waals surface area (Å²) < 4.78 is 14.0. The first-order valence-corrected chi connectivity index (χ1v) is 9.23. The predicted octanol–water partition coefficient (Wildman–Crippen LogP) is 6.49. The van der Waals surface area contributed by atoms with Crippen LogP contribution in [-0.2, 0) is 0 Å². The normalized spacial score (nSPS) is 12.2. The zero-order valence-electron chi connectivity index (χ0n) is 13.4. The number of hydrogen-bond donors (Lipinski definition) is 0. The minimum absolute atomic E-state index is 0.102. The van der Waals surface area contributed by atoms with E-state index in [-0.39, 0.29) is 15.7 Å². The summed E-state index contributed by atoms with van der Waals surface area (Å²) in [6.07, 6.45) is 1.91. The first-order chi connectivity index (χ1) is 10.8. The monoisotopic (exact) mass is 437 g/mol. The maximum Gasteiger partial charge on any atom is 0.415 e. The molecule has 0 aliphatic carbocycles. The highest BCUT2D eigenvalue weighted by Crippen LogP contribution is 2.37. The van der Waals surface area contributed by atoms with Gasteiger partial charge in [0, 0.05) is 22.4 Å². The van der Waals surface area contributed by atoms with E-state index < -0.39 is 0 Å². The van der Waals surface area contributed by atoms with Gasteiger partial charge >= 0.3 is 4.50 Å². The molecule has 0 saturated carbocycles. The Bertz CT molecular complexity index is 681. The van der Waals surface area contributed by atoms with Gasteiger partial charge in [0.25, 0.3) is 0 Å². The minimum Gasteiger partial charge on any atom is -0.369 e. The molecule has 0 aliphatic rings. The van der Waals surface area contributed by atoms with Crippen molar-refractivity contribution in [3.8, 4) is 0 Å². The van der Waals surface area contributed by atoms with Crippen LogP contribution in [0.15, 0.2) is 60.3 Å². The molecule has 0 aromatic heterocycles. The Balaban J connectivity index is 2.60. The third-order valence-electron chi connectivity index (χ3n) is 3.45. The summed E-state index contributed by atoms with van der Waals surface area (Å²) in [7, 11) is 0. The van der Waals surface area contributed by atoms with Crippen LogP contribution < -0.4 is 4.81 Å². The van der Waals surface area contributed by atoms with Crippen LogP contribution in [0, 0.1) is 11.2 Å². The maximum absolute atomic E-state index is 14.1. The molecule has 5 heteroatoms. The lowest BCUT2D eigenvalue weighted by molar-refractivity contribution is 0.502. The molecule has 0 saturated heterocycles. The number of benzene rings is 2. The fourth-order valence-electron chi connectivity index (χ4n) is 2.33. The fraction of sp³-hybridized carbons (Fsp3) is 0.222. The first-order valence-electron chi connectivity index (χ1n) is 7.40. The predicted molar refractivity (Wildman–Crippen MR) is 106 cm³/mol. The van der Waals surface area contributed by atoms with Crippen molar-refractivity contribution in [2.45, 2.75) is 20.8 Å². The number of para-hydroxylation sites is 1. The number of anilines is 1. The highest BCUT2D eigenvalue weighted by Gasteiger charge is 2.29. The van der Waals surface area contributed by atoms with Crippen molar-refractivity contribution in [2.75, 3.05) is 4.81 Å². The topological polar surface area (TPSA) is 3.24 Å². The molecule has 0 radical (unpaired) electrons. The molecule has 0 atom stereocenters. The summed E-state index contributed by atoms with van der Waals surface area (Å²) in [6, 6.07) is 16.9. The van der Waals surface area contributed by atoms with Crippen LogP contribution in [0.3, 0.4) is 0 Å². The van der Waals surface area contributed by atoms with Crippen LogP contribution in [0.2, 0.25) is 0 Å². The number of rotatable bonds is 4. The van der Waals surface area contributed by atoms with E-state index in [1.165, 1.54) is 6.07 Å². The second-order valence-electron chi connectivity index (χ2n) is 6.28. The molecule has 0 aliphatic heterocycles. The van der Waals surface area contributed by atoms with Crippen LogP contribution in [0.1, 0.15) is 26.3 Å². The van der Waals surface area contributed by atoms with Gasteiger partial charge in [0.05, 0.1) is 0 Å².